The topological polar surface area (TPSA) is 155 Å². The molecule has 2 aromatic heterocycles. The van der Waals surface area contributed by atoms with Gasteiger partial charge in [-0.15, -0.1) is 0 Å². The second-order valence-corrected chi connectivity index (χ2v) is 12.7. The number of aromatic amines is 1. The fraction of sp³-hybridized carbons (Fsp3) is 0.256. The molecule has 274 valence electrons. The first kappa shape index (κ1) is 36.5. The highest BCUT2D eigenvalue weighted by molar-refractivity contribution is 6.23. The van der Waals surface area contributed by atoms with Gasteiger partial charge in [-0.2, -0.15) is 0 Å². The maximum absolute atomic E-state index is 14.5. The van der Waals surface area contributed by atoms with E-state index in [2.05, 4.69) is 20.9 Å². The molecule has 3 heterocycles. The van der Waals surface area contributed by atoms with Crippen LogP contribution in [0.2, 0.25) is 0 Å². The summed E-state index contributed by atoms with van der Waals surface area (Å²) in [4.78, 5) is 66.6. The molecule has 14 heteroatoms. The van der Waals surface area contributed by atoms with Gasteiger partial charge in [0.25, 0.3) is 17.4 Å². The van der Waals surface area contributed by atoms with Crippen molar-refractivity contribution in [3.05, 3.63) is 106 Å². The zero-order chi connectivity index (χ0) is 37.6. The fourth-order valence-corrected chi connectivity index (χ4v) is 6.20. The molecule has 4 amide bonds. The van der Waals surface area contributed by atoms with Gasteiger partial charge in [0.2, 0.25) is 11.8 Å². The molecule has 5 aromatic rings. The largest absolute Gasteiger partial charge is 0.454 e. The van der Waals surface area contributed by atoms with Crippen LogP contribution in [0, 0.1) is 11.6 Å². The van der Waals surface area contributed by atoms with Gasteiger partial charge < -0.3 is 30.2 Å². The Morgan fingerprint density at radius 2 is 1.55 bits per heavy atom. The first-order valence-corrected chi connectivity index (χ1v) is 17.2. The summed E-state index contributed by atoms with van der Waals surface area (Å²) in [5.41, 5.74) is 2.98. The lowest BCUT2D eigenvalue weighted by molar-refractivity contribution is -0.121. The van der Waals surface area contributed by atoms with Crippen LogP contribution in [0.25, 0.3) is 22.0 Å². The minimum absolute atomic E-state index is 0.113. The number of anilines is 2. The molecular weight excluding hydrogens is 686 g/mol. The van der Waals surface area contributed by atoms with Gasteiger partial charge in [0.1, 0.15) is 17.1 Å². The van der Waals surface area contributed by atoms with E-state index < -0.39 is 11.6 Å². The van der Waals surface area contributed by atoms with Crippen LogP contribution >= 0.6 is 0 Å². The number of H-pyrrole nitrogens is 1. The number of amides is 4. The van der Waals surface area contributed by atoms with Gasteiger partial charge in [0.05, 0.1) is 11.1 Å². The third-order valence-corrected chi connectivity index (χ3v) is 8.98. The molecule has 3 aromatic carbocycles. The van der Waals surface area contributed by atoms with Crippen LogP contribution in [-0.4, -0.2) is 58.2 Å². The molecule has 1 aliphatic heterocycles. The molecule has 12 nitrogen and oxygen atoms in total. The average Bonchev–Trinajstić information content (AvgIpc) is 3.72. The molecule has 0 bridgehead atoms. The van der Waals surface area contributed by atoms with E-state index in [1.54, 1.807) is 61.9 Å². The van der Waals surface area contributed by atoms with Crippen molar-refractivity contribution in [3.63, 3.8) is 0 Å². The Morgan fingerprint density at radius 3 is 2.34 bits per heavy atom. The molecule has 1 aliphatic rings. The van der Waals surface area contributed by atoms with E-state index >= 15 is 0 Å². The number of nitrogens with zero attached hydrogens (tertiary/aromatic N) is 2. The highest BCUT2D eigenvalue weighted by Crippen LogP contribution is 2.39. The van der Waals surface area contributed by atoms with Crippen LogP contribution in [0.4, 0.5) is 20.2 Å². The van der Waals surface area contributed by atoms with E-state index in [-0.39, 0.29) is 53.5 Å². The van der Waals surface area contributed by atoms with Gasteiger partial charge in [-0.25, -0.2) is 8.78 Å². The first-order valence-electron chi connectivity index (χ1n) is 17.2. The number of carbonyl (C=O) groups excluding carboxylic acids is 4. The predicted molar refractivity (Wildman–Crippen MR) is 196 cm³/mol. The Hall–Kier alpha value is -6.31. The van der Waals surface area contributed by atoms with Crippen molar-refractivity contribution in [1.29, 1.82) is 0 Å². The highest BCUT2D eigenvalue weighted by atomic mass is 19.1. The molecular formula is C39H38F2N6O6. The van der Waals surface area contributed by atoms with Crippen LogP contribution < -0.4 is 26.2 Å². The molecule has 0 saturated heterocycles. The summed E-state index contributed by atoms with van der Waals surface area (Å²) >= 11 is 0. The zero-order valence-electron chi connectivity index (χ0n) is 29.2. The Balaban J connectivity index is 0.980. The lowest BCUT2D eigenvalue weighted by atomic mass is 10.0. The number of nitrogens with one attached hydrogen (secondary N) is 4. The minimum atomic E-state index is -0.888. The van der Waals surface area contributed by atoms with Gasteiger partial charge >= 0.3 is 0 Å². The number of halogens is 2. The number of pyridine rings is 1. The molecule has 0 atom stereocenters. The quantitative estimate of drug-likeness (QED) is 0.0726. The third kappa shape index (κ3) is 8.11. The van der Waals surface area contributed by atoms with E-state index in [1.807, 2.05) is 0 Å². The number of benzene rings is 3. The van der Waals surface area contributed by atoms with Crippen molar-refractivity contribution in [3.8, 4) is 22.6 Å². The molecule has 0 unspecified atom stereocenters. The maximum atomic E-state index is 14.5. The van der Waals surface area contributed by atoms with Crippen molar-refractivity contribution >= 4 is 45.9 Å². The van der Waals surface area contributed by atoms with Crippen LogP contribution in [0.3, 0.4) is 0 Å². The van der Waals surface area contributed by atoms with Crippen molar-refractivity contribution in [2.24, 2.45) is 7.05 Å². The molecule has 0 saturated carbocycles. The molecule has 4 N–H and O–H groups in total. The minimum Gasteiger partial charge on any atom is -0.454 e. The molecule has 0 radical (unpaired) electrons. The van der Waals surface area contributed by atoms with Gasteiger partial charge in [0.15, 0.2) is 11.6 Å². The van der Waals surface area contributed by atoms with Crippen molar-refractivity contribution in [2.45, 2.75) is 38.5 Å². The number of fused-ring (bicyclic) bond motifs is 2. The number of carbonyl (C=O) groups is 4. The van der Waals surface area contributed by atoms with Gasteiger partial charge in [0, 0.05) is 86.4 Å². The fourth-order valence-electron chi connectivity index (χ4n) is 6.20. The predicted octanol–water partition coefficient (Wildman–Crippen LogP) is 6.34. The molecule has 0 spiro atoms. The summed E-state index contributed by atoms with van der Waals surface area (Å²) in [7, 11) is 3.06. The van der Waals surface area contributed by atoms with Crippen molar-refractivity contribution in [2.75, 3.05) is 30.8 Å². The van der Waals surface area contributed by atoms with Gasteiger partial charge in [-0.3, -0.25) is 28.9 Å². The number of aryl methyl sites for hydroxylation is 1. The first-order chi connectivity index (χ1) is 25.5. The number of imide groups is 1. The maximum Gasteiger partial charge on any atom is 0.274 e. The Labute approximate surface area is 303 Å². The standard InChI is InChI=1S/C39H38F2N6O6/c1-46-22-28(25-16-19-44-36(25)39(46)52)27-21-24(13-15-31(27)53-32-14-12-23(40)20-29(32)41)45-34(49)11-4-3-10-33(48)43-18-6-5-17-42-30-9-7-8-26-35(30)38(51)47(2)37(26)50/h7-9,12-16,19-22,42,44H,3-6,10-11,17-18H2,1-2H3,(H,43,48)(H,45,49). The van der Waals surface area contributed by atoms with Crippen molar-refractivity contribution in [1.82, 2.24) is 19.8 Å². The van der Waals surface area contributed by atoms with Gasteiger partial charge in [-0.05, 0) is 74.2 Å². The summed E-state index contributed by atoms with van der Waals surface area (Å²) in [6.45, 7) is 1.05. The molecule has 53 heavy (non-hydrogen) atoms. The normalized spacial score (nSPS) is 12.3. The van der Waals surface area contributed by atoms with Crippen LogP contribution in [0.15, 0.2) is 77.9 Å². The monoisotopic (exact) mass is 724 g/mol. The SMILES string of the molecule is CN1C(=O)c2cccc(NCCCCNC(=O)CCCCC(=O)Nc3ccc(Oc4ccc(F)cc4F)c(-c4cn(C)c(=O)c5[nH]ccc45)c3)c2C1=O. The van der Waals surface area contributed by atoms with E-state index in [9.17, 15) is 32.8 Å². The molecule has 6 rings (SSSR count). The summed E-state index contributed by atoms with van der Waals surface area (Å²) in [6.07, 6.45) is 6.11. The van der Waals surface area contributed by atoms with Crippen LogP contribution in [0.5, 0.6) is 11.5 Å². The second kappa shape index (κ2) is 15.9. The molecule has 0 aliphatic carbocycles. The van der Waals surface area contributed by atoms with E-state index in [4.69, 9.17) is 4.74 Å². The van der Waals surface area contributed by atoms with Crippen molar-refractivity contribution < 1.29 is 32.7 Å². The average molecular weight is 725 g/mol. The Bertz CT molecular complexity index is 2280. The van der Waals surface area contributed by atoms with E-state index in [0.717, 1.165) is 23.5 Å². The Kier molecular flexibility index (Phi) is 11.0. The number of hydrogen-bond acceptors (Lipinski definition) is 7. The summed E-state index contributed by atoms with van der Waals surface area (Å²) in [5.74, 6) is -2.63. The number of unbranched alkanes of at least 4 members (excludes halogenated alkanes) is 2. The van der Waals surface area contributed by atoms with Crippen LogP contribution in [-0.2, 0) is 16.6 Å². The summed E-state index contributed by atoms with van der Waals surface area (Å²) in [5, 5.41) is 9.56. The highest BCUT2D eigenvalue weighted by Gasteiger charge is 2.34. The van der Waals surface area contributed by atoms with E-state index in [0.29, 0.717) is 76.9 Å². The summed E-state index contributed by atoms with van der Waals surface area (Å²) in [6, 6.07) is 14.7. The van der Waals surface area contributed by atoms with Crippen LogP contribution in [0.1, 0.15) is 59.2 Å². The number of ether oxygens (including phenoxy) is 1. The lowest BCUT2D eigenvalue weighted by Gasteiger charge is -2.16. The molecule has 0 fully saturated rings. The summed E-state index contributed by atoms with van der Waals surface area (Å²) < 4.78 is 35.4. The lowest BCUT2D eigenvalue weighted by Crippen LogP contribution is -2.25. The van der Waals surface area contributed by atoms with E-state index in [1.165, 1.54) is 17.7 Å². The third-order valence-electron chi connectivity index (χ3n) is 8.98. The second-order valence-electron chi connectivity index (χ2n) is 12.7. The number of hydrogen-bond donors (Lipinski definition) is 4. The Morgan fingerprint density at radius 1 is 0.792 bits per heavy atom. The number of rotatable bonds is 15. The number of aromatic nitrogens is 2. The smallest absolute Gasteiger partial charge is 0.274 e. The zero-order valence-corrected chi connectivity index (χ0v) is 29.2. The van der Waals surface area contributed by atoms with Gasteiger partial charge in [-0.1, -0.05) is 6.07 Å².